The summed E-state index contributed by atoms with van der Waals surface area (Å²) in [7, 11) is -0.400. The van der Waals surface area contributed by atoms with Crippen LogP contribution in [0.4, 0.5) is 11.4 Å². The zero-order chi connectivity index (χ0) is 19.6. The number of carbonyl (C=O) groups excluding carboxylic acids is 1. The first-order valence-corrected chi connectivity index (χ1v) is 10.3. The summed E-state index contributed by atoms with van der Waals surface area (Å²) in [5, 5.41) is 2.81. The molecule has 0 fully saturated rings. The number of nitrogens with one attached hydrogen (secondary N) is 1. The van der Waals surface area contributed by atoms with Gasteiger partial charge in [-0.05, 0) is 42.7 Å². The van der Waals surface area contributed by atoms with Gasteiger partial charge in [0.15, 0.2) is 11.5 Å². The first-order valence-electron chi connectivity index (χ1n) is 8.48. The molecule has 144 valence electrons. The summed E-state index contributed by atoms with van der Waals surface area (Å²) in [6, 6.07) is 10.4. The molecule has 27 heavy (non-hydrogen) atoms. The van der Waals surface area contributed by atoms with Crippen LogP contribution in [0.3, 0.4) is 0 Å². The molecule has 0 saturated carbocycles. The Morgan fingerprint density at radius 1 is 1.15 bits per heavy atom. The molecule has 7 nitrogen and oxygen atoms in total. The zero-order valence-electron chi connectivity index (χ0n) is 15.5. The molecule has 3 rings (SSSR count). The third-order valence-electron chi connectivity index (χ3n) is 4.47. The van der Waals surface area contributed by atoms with Gasteiger partial charge >= 0.3 is 0 Å². The summed E-state index contributed by atoms with van der Waals surface area (Å²) in [6.45, 7) is 0.437. The predicted octanol–water partition coefficient (Wildman–Crippen LogP) is 2.67. The number of rotatable bonds is 5. The van der Waals surface area contributed by atoms with Gasteiger partial charge in [0.1, 0.15) is 0 Å². The van der Waals surface area contributed by atoms with E-state index in [-0.39, 0.29) is 5.91 Å². The maximum atomic E-state index is 12.7. The van der Waals surface area contributed by atoms with Gasteiger partial charge in [0.25, 0.3) is 5.91 Å². The summed E-state index contributed by atoms with van der Waals surface area (Å²) < 4.78 is 36.0. The monoisotopic (exact) mass is 390 g/mol. The number of ether oxygens (including phenoxy) is 2. The fourth-order valence-corrected chi connectivity index (χ4v) is 4.22. The second kappa shape index (κ2) is 7.48. The van der Waals surface area contributed by atoms with E-state index in [0.717, 1.165) is 18.4 Å². The van der Waals surface area contributed by atoms with Crippen molar-refractivity contribution < 1.29 is 22.7 Å². The van der Waals surface area contributed by atoms with E-state index in [2.05, 4.69) is 5.32 Å². The molecule has 8 heteroatoms. The molecule has 0 unspecified atom stereocenters. The van der Waals surface area contributed by atoms with Gasteiger partial charge in [-0.1, -0.05) is 12.1 Å². The van der Waals surface area contributed by atoms with E-state index in [9.17, 15) is 13.2 Å². The van der Waals surface area contributed by atoms with Crippen LogP contribution >= 0.6 is 0 Å². The lowest BCUT2D eigenvalue weighted by Gasteiger charge is -2.29. The Balaban J connectivity index is 1.92. The molecule has 0 saturated heterocycles. The molecular formula is C19H22N2O5S. The van der Waals surface area contributed by atoms with Gasteiger partial charge < -0.3 is 14.8 Å². The molecule has 1 N–H and O–H groups in total. The first-order chi connectivity index (χ1) is 12.8. The minimum Gasteiger partial charge on any atom is -0.493 e. The number of anilines is 2. The number of sulfonamides is 1. The van der Waals surface area contributed by atoms with E-state index in [1.54, 1.807) is 30.3 Å². The van der Waals surface area contributed by atoms with Crippen LogP contribution < -0.4 is 19.1 Å². The van der Waals surface area contributed by atoms with Crippen molar-refractivity contribution in [2.24, 2.45) is 0 Å². The van der Waals surface area contributed by atoms with E-state index in [0.29, 0.717) is 35.0 Å². The van der Waals surface area contributed by atoms with Crippen molar-refractivity contribution in [2.45, 2.75) is 12.8 Å². The number of para-hydroxylation sites is 1. The van der Waals surface area contributed by atoms with Crippen LogP contribution in [-0.2, 0) is 16.4 Å². The highest BCUT2D eigenvalue weighted by molar-refractivity contribution is 7.92. The van der Waals surface area contributed by atoms with E-state index < -0.39 is 10.0 Å². The number of benzene rings is 2. The number of hydrogen-bond acceptors (Lipinski definition) is 5. The molecule has 1 aliphatic rings. The quantitative estimate of drug-likeness (QED) is 0.848. The minimum atomic E-state index is -3.37. The third kappa shape index (κ3) is 3.85. The highest BCUT2D eigenvalue weighted by atomic mass is 32.2. The topological polar surface area (TPSA) is 84.9 Å². The van der Waals surface area contributed by atoms with Crippen molar-refractivity contribution >= 4 is 27.3 Å². The molecule has 0 spiro atoms. The number of aryl methyl sites for hydroxylation is 1. The lowest BCUT2D eigenvalue weighted by molar-refractivity contribution is 0.102. The Kier molecular flexibility index (Phi) is 5.27. The van der Waals surface area contributed by atoms with Crippen LogP contribution in [0.1, 0.15) is 22.3 Å². The standard InChI is InChI=1S/C19H22N2O5S/c1-25-17-8-4-7-15(18(17)26-2)19(22)20-14-10-9-13-6-5-11-21(16(13)12-14)27(3,23)24/h4,7-10,12H,5-6,11H2,1-3H3,(H,20,22). The zero-order valence-corrected chi connectivity index (χ0v) is 16.3. The molecular weight excluding hydrogens is 368 g/mol. The summed E-state index contributed by atoms with van der Waals surface area (Å²) in [4.78, 5) is 12.7. The van der Waals surface area contributed by atoms with Crippen molar-refractivity contribution in [3.05, 3.63) is 47.5 Å². The summed E-state index contributed by atoms with van der Waals surface area (Å²) in [6.07, 6.45) is 2.76. The Morgan fingerprint density at radius 3 is 2.59 bits per heavy atom. The lowest BCUT2D eigenvalue weighted by Crippen LogP contribution is -2.34. The highest BCUT2D eigenvalue weighted by Crippen LogP contribution is 2.33. The maximum Gasteiger partial charge on any atom is 0.259 e. The number of hydrogen-bond donors (Lipinski definition) is 1. The van der Waals surface area contributed by atoms with Crippen LogP contribution in [-0.4, -0.2) is 41.3 Å². The SMILES string of the molecule is COc1cccc(C(=O)Nc2ccc3c(c2)N(S(C)(=O)=O)CCC3)c1OC. The molecule has 0 atom stereocenters. The fourth-order valence-electron chi connectivity index (χ4n) is 3.23. The first kappa shape index (κ1) is 19.0. The van der Waals surface area contributed by atoms with Gasteiger partial charge in [0.05, 0.1) is 31.7 Å². The summed E-state index contributed by atoms with van der Waals surface area (Å²) >= 11 is 0. The third-order valence-corrected chi connectivity index (χ3v) is 5.65. The average molecular weight is 390 g/mol. The molecule has 0 bridgehead atoms. The normalized spacial score (nSPS) is 13.7. The largest absolute Gasteiger partial charge is 0.493 e. The summed E-state index contributed by atoms with van der Waals surface area (Å²) in [5.74, 6) is 0.430. The van der Waals surface area contributed by atoms with E-state index in [4.69, 9.17) is 9.47 Å². The molecule has 0 aromatic heterocycles. The number of nitrogens with zero attached hydrogens (tertiary/aromatic N) is 1. The van der Waals surface area contributed by atoms with Crippen LogP contribution in [0, 0.1) is 0 Å². The number of amides is 1. The van der Waals surface area contributed by atoms with Gasteiger partial charge in [-0.2, -0.15) is 0 Å². The van der Waals surface area contributed by atoms with Crippen LogP contribution in [0.2, 0.25) is 0 Å². The molecule has 0 aliphatic carbocycles. The number of fused-ring (bicyclic) bond motifs is 1. The van der Waals surface area contributed by atoms with Crippen molar-refractivity contribution in [3.8, 4) is 11.5 Å². The lowest BCUT2D eigenvalue weighted by atomic mass is 10.0. The Morgan fingerprint density at radius 2 is 1.93 bits per heavy atom. The predicted molar refractivity (Wildman–Crippen MR) is 104 cm³/mol. The number of carbonyl (C=O) groups is 1. The Bertz CT molecular complexity index is 972. The van der Waals surface area contributed by atoms with Crippen molar-refractivity contribution in [2.75, 3.05) is 36.6 Å². The van der Waals surface area contributed by atoms with Crippen LogP contribution in [0.5, 0.6) is 11.5 Å². The van der Waals surface area contributed by atoms with E-state index >= 15 is 0 Å². The van der Waals surface area contributed by atoms with E-state index in [1.807, 2.05) is 6.07 Å². The smallest absolute Gasteiger partial charge is 0.259 e. The highest BCUT2D eigenvalue weighted by Gasteiger charge is 2.25. The molecule has 2 aromatic rings. The van der Waals surface area contributed by atoms with Gasteiger partial charge in [-0.15, -0.1) is 0 Å². The van der Waals surface area contributed by atoms with Crippen LogP contribution in [0.25, 0.3) is 0 Å². The Labute approximate surface area is 158 Å². The molecule has 1 heterocycles. The molecule has 1 aliphatic heterocycles. The van der Waals surface area contributed by atoms with Gasteiger partial charge in [-0.3, -0.25) is 9.10 Å². The average Bonchev–Trinajstić information content (AvgIpc) is 2.65. The van der Waals surface area contributed by atoms with Gasteiger partial charge in [-0.25, -0.2) is 8.42 Å². The van der Waals surface area contributed by atoms with Crippen molar-refractivity contribution in [1.82, 2.24) is 0 Å². The second-order valence-electron chi connectivity index (χ2n) is 6.28. The van der Waals surface area contributed by atoms with Crippen LogP contribution in [0.15, 0.2) is 36.4 Å². The molecule has 2 aromatic carbocycles. The Hall–Kier alpha value is -2.74. The number of methoxy groups -OCH3 is 2. The van der Waals surface area contributed by atoms with Crippen molar-refractivity contribution in [1.29, 1.82) is 0 Å². The van der Waals surface area contributed by atoms with E-state index in [1.165, 1.54) is 24.8 Å². The molecule has 1 amide bonds. The van der Waals surface area contributed by atoms with Gasteiger partial charge in [0, 0.05) is 12.2 Å². The van der Waals surface area contributed by atoms with Gasteiger partial charge in [0.2, 0.25) is 10.0 Å². The maximum absolute atomic E-state index is 12.7. The van der Waals surface area contributed by atoms with Crippen molar-refractivity contribution in [3.63, 3.8) is 0 Å². The molecule has 0 radical (unpaired) electrons. The minimum absolute atomic E-state index is 0.328. The summed E-state index contributed by atoms with van der Waals surface area (Å²) in [5.41, 5.74) is 2.40. The second-order valence-corrected chi connectivity index (χ2v) is 8.18. The fraction of sp³-hybridized carbons (Fsp3) is 0.316.